The summed E-state index contributed by atoms with van der Waals surface area (Å²) in [7, 11) is 0. The third-order valence-electron chi connectivity index (χ3n) is 3.27. The molecule has 0 atom stereocenters. The summed E-state index contributed by atoms with van der Waals surface area (Å²) < 4.78 is 44.6. The average Bonchev–Trinajstić information content (AvgIpc) is 2.89. The first-order valence-corrected chi connectivity index (χ1v) is 7.43. The first-order valence-electron chi connectivity index (χ1n) is 7.05. The van der Waals surface area contributed by atoms with Gasteiger partial charge < -0.3 is 10.5 Å². The minimum Gasteiger partial charge on any atom is -0.454 e. The van der Waals surface area contributed by atoms with Gasteiger partial charge in [0.2, 0.25) is 5.78 Å². The van der Waals surface area contributed by atoms with E-state index in [1.807, 2.05) is 0 Å². The standard InChI is InChI=1S/C15H13ClF3N3O3/c1-2-22-13(20)11(12(21-22)15(17,18)19)14(24)25-7-10(23)8-5-3-4-6-9(8)16/h3-6H,2,7,20H2,1H3. The van der Waals surface area contributed by atoms with Crippen LogP contribution in [0.3, 0.4) is 0 Å². The molecule has 2 aromatic rings. The van der Waals surface area contributed by atoms with Crippen molar-refractivity contribution in [3.8, 4) is 0 Å². The molecule has 0 aliphatic carbocycles. The molecule has 0 radical (unpaired) electrons. The lowest BCUT2D eigenvalue weighted by Crippen LogP contribution is -2.19. The molecule has 0 bridgehead atoms. The molecule has 6 nitrogen and oxygen atoms in total. The van der Waals surface area contributed by atoms with Gasteiger partial charge in [-0.3, -0.25) is 4.79 Å². The van der Waals surface area contributed by atoms with Crippen LogP contribution in [0.15, 0.2) is 24.3 Å². The molecular formula is C15H13ClF3N3O3. The number of nitrogen functional groups attached to an aromatic ring is 1. The molecule has 0 fully saturated rings. The summed E-state index contributed by atoms with van der Waals surface area (Å²) in [6, 6.07) is 6.01. The largest absolute Gasteiger partial charge is 0.454 e. The maximum atomic E-state index is 13.0. The van der Waals surface area contributed by atoms with Crippen LogP contribution >= 0.6 is 11.6 Å². The number of nitrogens with two attached hydrogens (primary N) is 1. The van der Waals surface area contributed by atoms with Crippen molar-refractivity contribution in [1.82, 2.24) is 9.78 Å². The zero-order valence-electron chi connectivity index (χ0n) is 12.9. The third-order valence-corrected chi connectivity index (χ3v) is 3.60. The number of rotatable bonds is 5. The van der Waals surface area contributed by atoms with Crippen LogP contribution in [0.5, 0.6) is 0 Å². The van der Waals surface area contributed by atoms with Gasteiger partial charge >= 0.3 is 12.1 Å². The molecule has 134 valence electrons. The normalized spacial score (nSPS) is 11.4. The highest BCUT2D eigenvalue weighted by molar-refractivity contribution is 6.34. The number of benzene rings is 1. The number of alkyl halides is 3. The Morgan fingerprint density at radius 2 is 1.96 bits per heavy atom. The summed E-state index contributed by atoms with van der Waals surface area (Å²) in [5.74, 6) is -2.52. The quantitative estimate of drug-likeness (QED) is 0.640. The molecule has 0 aliphatic rings. The van der Waals surface area contributed by atoms with E-state index in [0.29, 0.717) is 0 Å². The van der Waals surface area contributed by atoms with E-state index in [-0.39, 0.29) is 17.1 Å². The SMILES string of the molecule is CCn1nc(C(F)(F)F)c(C(=O)OCC(=O)c2ccccc2Cl)c1N. The van der Waals surface area contributed by atoms with Crippen molar-refractivity contribution in [3.05, 3.63) is 46.1 Å². The molecular weight excluding hydrogens is 363 g/mol. The predicted molar refractivity (Wildman–Crippen MR) is 83.4 cm³/mol. The number of aromatic nitrogens is 2. The number of carbonyl (C=O) groups is 2. The summed E-state index contributed by atoms with van der Waals surface area (Å²) >= 11 is 5.84. The topological polar surface area (TPSA) is 87.2 Å². The van der Waals surface area contributed by atoms with Crippen molar-refractivity contribution < 1.29 is 27.5 Å². The molecule has 0 amide bonds. The van der Waals surface area contributed by atoms with Gasteiger partial charge in [-0.05, 0) is 19.1 Å². The maximum absolute atomic E-state index is 13.0. The van der Waals surface area contributed by atoms with Crippen molar-refractivity contribution >= 4 is 29.2 Å². The lowest BCUT2D eigenvalue weighted by atomic mass is 10.1. The molecule has 0 saturated heterocycles. The molecule has 25 heavy (non-hydrogen) atoms. The predicted octanol–water partition coefficient (Wildman–Crippen LogP) is 3.20. The van der Waals surface area contributed by atoms with Crippen LogP contribution in [0.4, 0.5) is 19.0 Å². The lowest BCUT2D eigenvalue weighted by Gasteiger charge is -2.08. The fraction of sp³-hybridized carbons (Fsp3) is 0.267. The summed E-state index contributed by atoms with van der Waals surface area (Å²) in [6.07, 6.45) is -4.89. The summed E-state index contributed by atoms with van der Waals surface area (Å²) in [5, 5.41) is 3.42. The number of nitrogens with zero attached hydrogens (tertiary/aromatic N) is 2. The second-order valence-electron chi connectivity index (χ2n) is 4.90. The first-order chi connectivity index (χ1) is 11.7. The van der Waals surface area contributed by atoms with Crippen molar-refractivity contribution in [2.24, 2.45) is 0 Å². The number of halogens is 4. The van der Waals surface area contributed by atoms with E-state index < -0.39 is 41.6 Å². The van der Waals surface area contributed by atoms with Crippen LogP contribution in [0, 0.1) is 0 Å². The van der Waals surface area contributed by atoms with Crippen LogP contribution in [0.25, 0.3) is 0 Å². The van der Waals surface area contributed by atoms with Crippen molar-refractivity contribution in [1.29, 1.82) is 0 Å². The fourth-order valence-corrected chi connectivity index (χ4v) is 2.33. The number of hydrogen-bond donors (Lipinski definition) is 1. The Morgan fingerprint density at radius 3 is 2.52 bits per heavy atom. The molecule has 0 spiro atoms. The first kappa shape index (κ1) is 18.8. The van der Waals surface area contributed by atoms with Crippen LogP contribution in [0.2, 0.25) is 5.02 Å². The fourth-order valence-electron chi connectivity index (χ4n) is 2.08. The highest BCUT2D eigenvalue weighted by Gasteiger charge is 2.41. The van der Waals surface area contributed by atoms with Crippen molar-refractivity contribution in [2.75, 3.05) is 12.3 Å². The van der Waals surface area contributed by atoms with Gasteiger partial charge in [0.1, 0.15) is 11.4 Å². The molecule has 1 aromatic heterocycles. The summed E-state index contributed by atoms with van der Waals surface area (Å²) in [6.45, 7) is 0.761. The van der Waals surface area contributed by atoms with Crippen molar-refractivity contribution in [3.63, 3.8) is 0 Å². The van der Waals surface area contributed by atoms with Gasteiger partial charge in [0, 0.05) is 12.1 Å². The Morgan fingerprint density at radius 1 is 1.32 bits per heavy atom. The van der Waals surface area contributed by atoms with Crippen LogP contribution < -0.4 is 5.73 Å². The van der Waals surface area contributed by atoms with E-state index in [1.165, 1.54) is 19.1 Å². The van der Waals surface area contributed by atoms with E-state index in [2.05, 4.69) is 5.10 Å². The van der Waals surface area contributed by atoms with Crippen LogP contribution in [0.1, 0.15) is 33.3 Å². The van der Waals surface area contributed by atoms with Gasteiger partial charge in [-0.2, -0.15) is 18.3 Å². The van der Waals surface area contributed by atoms with E-state index in [4.69, 9.17) is 22.1 Å². The second kappa shape index (κ2) is 7.14. The van der Waals surface area contributed by atoms with Crippen LogP contribution in [-0.4, -0.2) is 28.1 Å². The van der Waals surface area contributed by atoms with Crippen molar-refractivity contribution in [2.45, 2.75) is 19.6 Å². The minimum atomic E-state index is -4.89. The molecule has 10 heteroatoms. The molecule has 0 aliphatic heterocycles. The number of aryl methyl sites for hydroxylation is 1. The Kier molecular flexibility index (Phi) is 5.36. The van der Waals surface area contributed by atoms with Gasteiger partial charge in [0.15, 0.2) is 12.3 Å². The zero-order chi connectivity index (χ0) is 18.8. The number of hydrogen-bond acceptors (Lipinski definition) is 5. The van der Waals surface area contributed by atoms with Crippen LogP contribution in [-0.2, 0) is 17.5 Å². The monoisotopic (exact) mass is 375 g/mol. The Labute approximate surface area is 145 Å². The van der Waals surface area contributed by atoms with E-state index in [1.54, 1.807) is 12.1 Å². The summed E-state index contributed by atoms with van der Waals surface area (Å²) in [5.41, 5.74) is 3.26. The smallest absolute Gasteiger partial charge is 0.436 e. The zero-order valence-corrected chi connectivity index (χ0v) is 13.7. The summed E-state index contributed by atoms with van der Waals surface area (Å²) in [4.78, 5) is 24.0. The van der Waals surface area contributed by atoms with E-state index in [9.17, 15) is 22.8 Å². The maximum Gasteiger partial charge on any atom is 0.436 e. The number of ether oxygens (including phenoxy) is 1. The molecule has 2 N–H and O–H groups in total. The number of esters is 1. The highest BCUT2D eigenvalue weighted by Crippen LogP contribution is 2.34. The second-order valence-corrected chi connectivity index (χ2v) is 5.31. The Balaban J connectivity index is 2.23. The highest BCUT2D eigenvalue weighted by atomic mass is 35.5. The number of carbonyl (C=O) groups excluding carboxylic acids is 2. The molecule has 1 aromatic carbocycles. The Bertz CT molecular complexity index is 818. The van der Waals surface area contributed by atoms with Gasteiger partial charge in [-0.1, -0.05) is 23.7 Å². The number of ketones is 1. The molecule has 1 heterocycles. The molecule has 0 saturated carbocycles. The average molecular weight is 376 g/mol. The van der Waals surface area contributed by atoms with Gasteiger partial charge in [-0.15, -0.1) is 0 Å². The minimum absolute atomic E-state index is 0.0285. The molecule has 2 rings (SSSR count). The lowest BCUT2D eigenvalue weighted by molar-refractivity contribution is -0.142. The van der Waals surface area contributed by atoms with Gasteiger partial charge in [-0.25, -0.2) is 9.48 Å². The Hall–Kier alpha value is -2.55. The third kappa shape index (κ3) is 3.93. The van der Waals surface area contributed by atoms with Gasteiger partial charge in [0.25, 0.3) is 0 Å². The van der Waals surface area contributed by atoms with E-state index >= 15 is 0 Å². The number of anilines is 1. The van der Waals surface area contributed by atoms with E-state index in [0.717, 1.165) is 4.68 Å². The number of Topliss-reactive ketones (excluding diaryl/α,β-unsaturated/α-hetero) is 1. The molecule has 0 unspecified atom stereocenters. The van der Waals surface area contributed by atoms with Gasteiger partial charge in [0.05, 0.1) is 5.02 Å².